The average Bonchev–Trinajstić information content (AvgIpc) is 3.52. The fourth-order valence-electron chi connectivity index (χ4n) is 4.81. The Morgan fingerprint density at radius 1 is 1.03 bits per heavy atom. The van der Waals surface area contributed by atoms with Gasteiger partial charge in [0.15, 0.2) is 0 Å². The number of likely N-dealkylation sites (tertiary alicyclic amines) is 1. The molecule has 2 amide bonds. The highest BCUT2D eigenvalue weighted by molar-refractivity contribution is 5.96. The highest BCUT2D eigenvalue weighted by Gasteiger charge is 2.38. The predicted octanol–water partition coefficient (Wildman–Crippen LogP) is 3.76. The Hall–Kier alpha value is -2.87. The van der Waals surface area contributed by atoms with Gasteiger partial charge in [0.05, 0.1) is 18.7 Å². The number of aryl methyl sites for hydroxylation is 1. The Morgan fingerprint density at radius 2 is 1.80 bits per heavy atom. The van der Waals surface area contributed by atoms with E-state index >= 15 is 0 Å². The van der Waals surface area contributed by atoms with Crippen molar-refractivity contribution in [3.8, 4) is 5.75 Å². The molecule has 190 valence electrons. The van der Waals surface area contributed by atoms with Gasteiger partial charge in [0.1, 0.15) is 18.0 Å². The summed E-state index contributed by atoms with van der Waals surface area (Å²) in [5.41, 5.74) is 0.560. The lowest BCUT2D eigenvalue weighted by molar-refractivity contribution is -0.130. The van der Waals surface area contributed by atoms with Crippen molar-refractivity contribution in [1.82, 2.24) is 19.6 Å². The molecule has 1 saturated heterocycles. The summed E-state index contributed by atoms with van der Waals surface area (Å²) in [7, 11) is 1.85. The van der Waals surface area contributed by atoms with Crippen molar-refractivity contribution in [2.45, 2.75) is 70.1 Å². The van der Waals surface area contributed by atoms with Crippen LogP contribution in [0.25, 0.3) is 0 Å². The van der Waals surface area contributed by atoms with Gasteiger partial charge >= 0.3 is 0 Å². The van der Waals surface area contributed by atoms with Crippen LogP contribution in [0.15, 0.2) is 42.7 Å². The van der Waals surface area contributed by atoms with E-state index in [1.807, 2.05) is 53.2 Å². The van der Waals surface area contributed by atoms with Crippen LogP contribution >= 0.6 is 0 Å². The largest absolute Gasteiger partial charge is 0.485 e. The number of aromatic nitrogens is 2. The van der Waals surface area contributed by atoms with Crippen LogP contribution in [0.5, 0.6) is 5.75 Å². The molecule has 0 radical (unpaired) electrons. The molecule has 0 unspecified atom stereocenters. The first-order valence-electron chi connectivity index (χ1n) is 13.0. The van der Waals surface area contributed by atoms with Gasteiger partial charge in [-0.05, 0) is 37.5 Å². The number of nitrogens with zero attached hydrogens (tertiary/aromatic N) is 4. The Balaban J connectivity index is 1.44. The summed E-state index contributed by atoms with van der Waals surface area (Å²) in [6.45, 7) is 3.10. The third-order valence-electron chi connectivity index (χ3n) is 6.87. The van der Waals surface area contributed by atoms with Crippen LogP contribution in [0.1, 0.15) is 61.7 Å². The summed E-state index contributed by atoms with van der Waals surface area (Å²) in [4.78, 5) is 29.8. The second-order valence-corrected chi connectivity index (χ2v) is 9.58. The minimum atomic E-state index is -0.308. The van der Waals surface area contributed by atoms with Crippen LogP contribution in [-0.4, -0.2) is 76.9 Å². The van der Waals surface area contributed by atoms with Crippen molar-refractivity contribution in [1.29, 1.82) is 0 Å². The molecule has 1 fully saturated rings. The topological polar surface area (TPSA) is 76.9 Å². The Kier molecular flexibility index (Phi) is 9.17. The zero-order valence-corrected chi connectivity index (χ0v) is 20.8. The molecular weight excluding hydrogens is 444 g/mol. The minimum absolute atomic E-state index is 0.0327. The Bertz CT molecular complexity index is 948. The SMILES string of the molecule is CN1CCCCCCCCO[C@@H]2CN(C(=O)CCCn3cccn3)C[C@H]2Oc2ccccc2C1=O. The van der Waals surface area contributed by atoms with Crippen LogP contribution in [-0.2, 0) is 16.1 Å². The van der Waals surface area contributed by atoms with Crippen molar-refractivity contribution in [2.75, 3.05) is 33.3 Å². The van der Waals surface area contributed by atoms with Gasteiger partial charge in [-0.2, -0.15) is 5.10 Å². The fraction of sp³-hybridized carbons (Fsp3) is 0.593. The molecule has 0 aliphatic carbocycles. The lowest BCUT2D eigenvalue weighted by Crippen LogP contribution is -2.34. The van der Waals surface area contributed by atoms with Crippen LogP contribution in [0, 0.1) is 0 Å². The fourth-order valence-corrected chi connectivity index (χ4v) is 4.81. The summed E-state index contributed by atoms with van der Waals surface area (Å²) in [6, 6.07) is 9.30. The molecule has 3 heterocycles. The number of fused-ring (bicyclic) bond motifs is 2. The molecule has 1 aromatic heterocycles. The van der Waals surface area contributed by atoms with Gasteiger partial charge in [-0.25, -0.2) is 0 Å². The van der Waals surface area contributed by atoms with E-state index in [2.05, 4.69) is 5.10 Å². The van der Waals surface area contributed by atoms with E-state index in [1.165, 1.54) is 12.8 Å². The highest BCUT2D eigenvalue weighted by atomic mass is 16.5. The van der Waals surface area contributed by atoms with E-state index in [9.17, 15) is 9.59 Å². The molecule has 0 bridgehead atoms. The number of carbonyl (C=O) groups is 2. The van der Waals surface area contributed by atoms with Crippen LogP contribution in [0.3, 0.4) is 0 Å². The van der Waals surface area contributed by atoms with Crippen LogP contribution < -0.4 is 4.74 Å². The molecule has 0 saturated carbocycles. The highest BCUT2D eigenvalue weighted by Crippen LogP contribution is 2.26. The normalized spacial score (nSPS) is 22.4. The van der Waals surface area contributed by atoms with Crippen molar-refractivity contribution < 1.29 is 19.1 Å². The zero-order chi connectivity index (χ0) is 24.5. The van der Waals surface area contributed by atoms with Gasteiger partial charge < -0.3 is 19.3 Å². The van der Waals surface area contributed by atoms with Crippen molar-refractivity contribution in [3.05, 3.63) is 48.3 Å². The van der Waals surface area contributed by atoms with Crippen molar-refractivity contribution >= 4 is 11.8 Å². The molecule has 2 aromatic rings. The number of hydrogen-bond donors (Lipinski definition) is 0. The van der Waals surface area contributed by atoms with Crippen molar-refractivity contribution in [3.63, 3.8) is 0 Å². The van der Waals surface area contributed by atoms with E-state index < -0.39 is 0 Å². The Labute approximate surface area is 208 Å². The van der Waals surface area contributed by atoms with E-state index in [0.29, 0.717) is 37.4 Å². The van der Waals surface area contributed by atoms with Crippen LogP contribution in [0.2, 0.25) is 0 Å². The van der Waals surface area contributed by atoms with Crippen LogP contribution in [0.4, 0.5) is 0 Å². The number of amides is 2. The number of ether oxygens (including phenoxy) is 2. The summed E-state index contributed by atoms with van der Waals surface area (Å²) < 4.78 is 14.5. The molecule has 4 rings (SSSR count). The monoisotopic (exact) mass is 482 g/mol. The summed E-state index contributed by atoms with van der Waals surface area (Å²) >= 11 is 0. The lowest BCUT2D eigenvalue weighted by Gasteiger charge is -2.24. The third-order valence-corrected chi connectivity index (χ3v) is 6.87. The maximum atomic E-state index is 13.2. The van der Waals surface area contributed by atoms with Gasteiger partial charge in [-0.1, -0.05) is 37.8 Å². The summed E-state index contributed by atoms with van der Waals surface area (Å²) in [6.07, 6.45) is 10.9. The molecular formula is C27H38N4O4. The maximum absolute atomic E-state index is 13.2. The number of rotatable bonds is 4. The molecule has 8 nitrogen and oxygen atoms in total. The number of benzene rings is 1. The maximum Gasteiger partial charge on any atom is 0.257 e. The lowest BCUT2D eigenvalue weighted by atomic mass is 10.1. The Morgan fingerprint density at radius 3 is 2.63 bits per heavy atom. The van der Waals surface area contributed by atoms with E-state index in [1.54, 1.807) is 11.1 Å². The first-order chi connectivity index (χ1) is 17.1. The second kappa shape index (κ2) is 12.7. The van der Waals surface area contributed by atoms with Gasteiger partial charge in [-0.15, -0.1) is 0 Å². The first kappa shape index (κ1) is 25.2. The standard InChI is InChI=1S/C27H38N4O4/c1-29-16-8-4-2-3-5-9-19-34-24-20-30(26(32)14-10-17-31-18-11-15-28-31)21-25(24)35-23-13-7-6-12-22(23)27(29)33/h6-7,11-13,15,18,24-25H,2-5,8-10,14,16-17,19-21H2,1H3/t24-,25-/m1/s1. The summed E-state index contributed by atoms with van der Waals surface area (Å²) in [5, 5.41) is 4.20. The van der Waals surface area contributed by atoms with E-state index in [-0.39, 0.29) is 24.0 Å². The molecule has 2 aliphatic rings. The van der Waals surface area contributed by atoms with Gasteiger partial charge in [-0.3, -0.25) is 14.3 Å². The molecule has 0 N–H and O–H groups in total. The zero-order valence-electron chi connectivity index (χ0n) is 20.8. The van der Waals surface area contributed by atoms with Gasteiger partial charge in [0.25, 0.3) is 5.91 Å². The summed E-state index contributed by atoms with van der Waals surface area (Å²) in [5.74, 6) is 0.629. The molecule has 2 aliphatic heterocycles. The molecule has 2 atom stereocenters. The average molecular weight is 483 g/mol. The quantitative estimate of drug-likeness (QED) is 0.663. The molecule has 8 heteroatoms. The van der Waals surface area contributed by atoms with E-state index in [0.717, 1.165) is 45.2 Å². The first-order valence-corrected chi connectivity index (χ1v) is 13.0. The van der Waals surface area contributed by atoms with Gasteiger partial charge in [0, 0.05) is 45.6 Å². The molecule has 0 spiro atoms. The smallest absolute Gasteiger partial charge is 0.257 e. The third kappa shape index (κ3) is 7.07. The van der Waals surface area contributed by atoms with Gasteiger partial charge in [0.2, 0.25) is 5.91 Å². The number of hydrogen-bond acceptors (Lipinski definition) is 5. The van der Waals surface area contributed by atoms with E-state index in [4.69, 9.17) is 9.47 Å². The number of carbonyl (C=O) groups excluding carboxylic acids is 2. The molecule has 1 aromatic carbocycles. The number of para-hydroxylation sites is 1. The van der Waals surface area contributed by atoms with Crippen molar-refractivity contribution in [2.24, 2.45) is 0 Å². The predicted molar refractivity (Wildman–Crippen MR) is 133 cm³/mol. The minimum Gasteiger partial charge on any atom is -0.485 e. The molecule has 35 heavy (non-hydrogen) atoms. The second-order valence-electron chi connectivity index (χ2n) is 9.58.